The van der Waals surface area contributed by atoms with Crippen LogP contribution in [0.25, 0.3) is 0 Å². The molecule has 1 aromatic carbocycles. The third-order valence-electron chi connectivity index (χ3n) is 3.38. The molecule has 0 atom stereocenters. The second kappa shape index (κ2) is 8.21. The summed E-state index contributed by atoms with van der Waals surface area (Å²) >= 11 is 6.04. The topological polar surface area (TPSA) is 29.1 Å². The maximum absolute atomic E-state index is 12.1. The number of rotatable bonds is 7. The Bertz CT molecular complexity index is 411. The van der Waals surface area contributed by atoms with E-state index < -0.39 is 0 Å². The van der Waals surface area contributed by atoms with Crippen LogP contribution in [0.5, 0.6) is 0 Å². The minimum atomic E-state index is -0.0286. The zero-order valence-electron chi connectivity index (χ0n) is 12.1. The second-order valence-corrected chi connectivity index (χ2v) is 5.52. The minimum absolute atomic E-state index is 0.0286. The summed E-state index contributed by atoms with van der Waals surface area (Å²) in [4.78, 5) is 12.1. The molecule has 106 valence electrons. The largest absolute Gasteiger partial charge is 0.352 e. The zero-order valence-corrected chi connectivity index (χ0v) is 12.9. The summed E-state index contributed by atoms with van der Waals surface area (Å²) in [5.41, 5.74) is 1.63. The van der Waals surface area contributed by atoms with Gasteiger partial charge in [-0.1, -0.05) is 44.4 Å². The molecule has 0 saturated carbocycles. The molecule has 2 nitrogen and oxygen atoms in total. The average Bonchev–Trinajstić information content (AvgIpc) is 2.39. The van der Waals surface area contributed by atoms with Crippen LogP contribution in [0.15, 0.2) is 18.2 Å². The van der Waals surface area contributed by atoms with Gasteiger partial charge in [-0.05, 0) is 43.4 Å². The zero-order chi connectivity index (χ0) is 14.3. The van der Waals surface area contributed by atoms with Crippen LogP contribution in [0, 0.1) is 12.8 Å². The molecule has 1 aromatic rings. The number of nitrogens with one attached hydrogen (secondary N) is 1. The van der Waals surface area contributed by atoms with Gasteiger partial charge in [-0.2, -0.15) is 0 Å². The number of hydrogen-bond donors (Lipinski definition) is 1. The lowest BCUT2D eigenvalue weighted by atomic mass is 9.98. The fraction of sp³-hybridized carbons (Fsp3) is 0.562. The van der Waals surface area contributed by atoms with Gasteiger partial charge in [0, 0.05) is 17.1 Å². The van der Waals surface area contributed by atoms with E-state index >= 15 is 0 Å². The van der Waals surface area contributed by atoms with E-state index in [1.165, 1.54) is 12.8 Å². The summed E-state index contributed by atoms with van der Waals surface area (Å²) in [7, 11) is 0. The van der Waals surface area contributed by atoms with Gasteiger partial charge in [0.25, 0.3) is 5.91 Å². The van der Waals surface area contributed by atoms with Crippen molar-refractivity contribution in [1.82, 2.24) is 5.32 Å². The highest BCUT2D eigenvalue weighted by atomic mass is 35.5. The molecule has 0 aromatic heterocycles. The molecule has 0 unspecified atom stereocenters. The number of benzene rings is 1. The Labute approximate surface area is 121 Å². The van der Waals surface area contributed by atoms with Gasteiger partial charge in [-0.15, -0.1) is 0 Å². The Morgan fingerprint density at radius 3 is 2.42 bits per heavy atom. The Morgan fingerprint density at radius 1 is 1.26 bits per heavy atom. The van der Waals surface area contributed by atoms with Crippen LogP contribution in [0.3, 0.4) is 0 Å². The molecule has 0 heterocycles. The summed E-state index contributed by atoms with van der Waals surface area (Å²) in [6.45, 7) is 7.06. The molecule has 1 amide bonds. The van der Waals surface area contributed by atoms with Crippen molar-refractivity contribution < 1.29 is 4.79 Å². The molecule has 0 radical (unpaired) electrons. The Kier molecular flexibility index (Phi) is 6.93. The van der Waals surface area contributed by atoms with Crippen LogP contribution in [0.4, 0.5) is 0 Å². The van der Waals surface area contributed by atoms with Crippen LogP contribution >= 0.6 is 11.6 Å². The van der Waals surface area contributed by atoms with Crippen molar-refractivity contribution in [2.45, 2.75) is 46.5 Å². The highest BCUT2D eigenvalue weighted by Crippen LogP contribution is 2.17. The van der Waals surface area contributed by atoms with Crippen molar-refractivity contribution in [3.63, 3.8) is 0 Å². The Balaban J connectivity index is 2.56. The van der Waals surface area contributed by atoms with Crippen molar-refractivity contribution >= 4 is 17.5 Å². The third kappa shape index (κ3) is 5.23. The highest BCUT2D eigenvalue weighted by molar-refractivity contribution is 6.31. The molecule has 3 heteroatoms. The molecule has 0 saturated heterocycles. The van der Waals surface area contributed by atoms with Crippen molar-refractivity contribution in [1.29, 1.82) is 0 Å². The molecule has 0 aliphatic carbocycles. The van der Waals surface area contributed by atoms with Crippen LogP contribution < -0.4 is 5.32 Å². The van der Waals surface area contributed by atoms with Crippen molar-refractivity contribution in [3.05, 3.63) is 34.3 Å². The van der Waals surface area contributed by atoms with Crippen molar-refractivity contribution in [2.75, 3.05) is 6.54 Å². The molecule has 19 heavy (non-hydrogen) atoms. The molecule has 0 fully saturated rings. The van der Waals surface area contributed by atoms with E-state index in [-0.39, 0.29) is 5.91 Å². The van der Waals surface area contributed by atoms with E-state index in [9.17, 15) is 4.79 Å². The lowest BCUT2D eigenvalue weighted by Gasteiger charge is -2.16. The van der Waals surface area contributed by atoms with E-state index in [1.54, 1.807) is 6.07 Å². The third-order valence-corrected chi connectivity index (χ3v) is 3.79. The van der Waals surface area contributed by atoms with Gasteiger partial charge in [-0.25, -0.2) is 0 Å². The Morgan fingerprint density at radius 2 is 1.89 bits per heavy atom. The monoisotopic (exact) mass is 281 g/mol. The lowest BCUT2D eigenvalue weighted by Crippen LogP contribution is -2.29. The quantitative estimate of drug-likeness (QED) is 0.778. The van der Waals surface area contributed by atoms with E-state index in [0.717, 1.165) is 24.9 Å². The number of carbonyl (C=O) groups is 1. The van der Waals surface area contributed by atoms with Gasteiger partial charge in [0.1, 0.15) is 0 Å². The molecule has 0 aliphatic rings. The van der Waals surface area contributed by atoms with Crippen molar-refractivity contribution in [2.24, 2.45) is 5.92 Å². The molecule has 1 rings (SSSR count). The average molecular weight is 282 g/mol. The maximum atomic E-state index is 12.1. The summed E-state index contributed by atoms with van der Waals surface area (Å²) in [5, 5.41) is 3.66. The first-order valence-corrected chi connectivity index (χ1v) is 7.50. The van der Waals surface area contributed by atoms with Gasteiger partial charge in [0.2, 0.25) is 0 Å². The van der Waals surface area contributed by atoms with Gasteiger partial charge in [-0.3, -0.25) is 4.79 Å². The predicted molar refractivity (Wildman–Crippen MR) is 81.8 cm³/mol. The van der Waals surface area contributed by atoms with Crippen LogP contribution in [-0.4, -0.2) is 12.5 Å². The fourth-order valence-corrected chi connectivity index (χ4v) is 2.42. The Hall–Kier alpha value is -1.02. The van der Waals surface area contributed by atoms with Crippen molar-refractivity contribution in [3.8, 4) is 0 Å². The molecule has 1 N–H and O–H groups in total. The molecular formula is C16H24ClNO. The van der Waals surface area contributed by atoms with E-state index in [4.69, 9.17) is 11.6 Å². The van der Waals surface area contributed by atoms with Gasteiger partial charge in [0.15, 0.2) is 0 Å². The number of hydrogen-bond acceptors (Lipinski definition) is 1. The van der Waals surface area contributed by atoms with Gasteiger partial charge in [0.05, 0.1) is 0 Å². The number of carbonyl (C=O) groups excluding carboxylic acids is 1. The number of amides is 1. The van der Waals surface area contributed by atoms with E-state index in [1.807, 2.05) is 19.1 Å². The standard InChI is InChI=1S/C16H24ClNO/c1-4-6-13(7-5-2)11-18-16(19)14-9-8-12(3)15(17)10-14/h8-10,13H,4-7,11H2,1-3H3,(H,18,19). The van der Waals surface area contributed by atoms with Crippen LogP contribution in [0.1, 0.15) is 55.5 Å². The van der Waals surface area contributed by atoms with Crippen LogP contribution in [0.2, 0.25) is 5.02 Å². The molecule has 0 bridgehead atoms. The smallest absolute Gasteiger partial charge is 0.251 e. The molecular weight excluding hydrogens is 258 g/mol. The first-order valence-electron chi connectivity index (χ1n) is 7.12. The normalized spacial score (nSPS) is 10.8. The lowest BCUT2D eigenvalue weighted by molar-refractivity contribution is 0.0945. The highest BCUT2D eigenvalue weighted by Gasteiger charge is 2.11. The van der Waals surface area contributed by atoms with Gasteiger partial charge < -0.3 is 5.32 Å². The molecule has 0 aliphatic heterocycles. The maximum Gasteiger partial charge on any atom is 0.251 e. The predicted octanol–water partition coefficient (Wildman–Crippen LogP) is 4.59. The van der Waals surface area contributed by atoms with Gasteiger partial charge >= 0.3 is 0 Å². The summed E-state index contributed by atoms with van der Waals surface area (Å²) in [6.07, 6.45) is 4.67. The summed E-state index contributed by atoms with van der Waals surface area (Å²) < 4.78 is 0. The summed E-state index contributed by atoms with van der Waals surface area (Å²) in [6, 6.07) is 5.44. The number of aryl methyl sites for hydroxylation is 1. The number of halogens is 1. The first kappa shape index (κ1) is 16.0. The molecule has 0 spiro atoms. The SMILES string of the molecule is CCCC(CCC)CNC(=O)c1ccc(C)c(Cl)c1. The van der Waals surface area contributed by atoms with Crippen LogP contribution in [-0.2, 0) is 0 Å². The van der Waals surface area contributed by atoms with E-state index in [2.05, 4.69) is 19.2 Å². The van der Waals surface area contributed by atoms with E-state index in [0.29, 0.717) is 16.5 Å². The minimum Gasteiger partial charge on any atom is -0.352 e. The summed E-state index contributed by atoms with van der Waals surface area (Å²) in [5.74, 6) is 0.555. The first-order chi connectivity index (χ1) is 9.08. The second-order valence-electron chi connectivity index (χ2n) is 5.12. The fourth-order valence-electron chi connectivity index (χ4n) is 2.24.